The van der Waals surface area contributed by atoms with Gasteiger partial charge in [-0.05, 0) is 44.0 Å². The predicted octanol–water partition coefficient (Wildman–Crippen LogP) is 3.68. The molecule has 2 heterocycles. The molecule has 198 valence electrons. The van der Waals surface area contributed by atoms with Crippen LogP contribution in [0.3, 0.4) is 0 Å². The molecule has 3 rings (SSSR count). The van der Waals surface area contributed by atoms with E-state index < -0.39 is 11.9 Å². The van der Waals surface area contributed by atoms with E-state index in [4.69, 9.17) is 16.3 Å². The van der Waals surface area contributed by atoms with E-state index in [0.717, 1.165) is 16.9 Å². The Balaban J connectivity index is 1.94. The summed E-state index contributed by atoms with van der Waals surface area (Å²) in [5.74, 6) is -0.615. The van der Waals surface area contributed by atoms with Gasteiger partial charge in [-0.1, -0.05) is 17.7 Å². The number of aromatic nitrogens is 2. The largest absolute Gasteiger partial charge is 0.435 e. The molecule has 0 atom stereocenters. The molecule has 12 heteroatoms. The van der Waals surface area contributed by atoms with Gasteiger partial charge in [-0.15, -0.1) is 0 Å². The van der Waals surface area contributed by atoms with E-state index in [0.29, 0.717) is 48.9 Å². The van der Waals surface area contributed by atoms with E-state index in [1.54, 1.807) is 28.0 Å². The summed E-state index contributed by atoms with van der Waals surface area (Å²) < 4.78 is 44.9. The van der Waals surface area contributed by atoms with Gasteiger partial charge in [0, 0.05) is 57.1 Å². The summed E-state index contributed by atoms with van der Waals surface area (Å²) in [5, 5.41) is 3.95. The van der Waals surface area contributed by atoms with Crippen molar-refractivity contribution in [2.24, 2.45) is 0 Å². The SMILES string of the molecule is COCC(=O)N1CCCN(C(C)C)CCN(C(=O)Cn2ccc(C(F)(F)F)n2)Cc2ccc(Cl)cc21. The van der Waals surface area contributed by atoms with Gasteiger partial charge in [-0.2, -0.15) is 18.3 Å². The summed E-state index contributed by atoms with van der Waals surface area (Å²) in [5.41, 5.74) is 0.233. The average molecular weight is 530 g/mol. The predicted molar refractivity (Wildman–Crippen MR) is 130 cm³/mol. The minimum absolute atomic E-state index is 0.108. The first-order valence-corrected chi connectivity index (χ1v) is 12.1. The zero-order valence-electron chi connectivity index (χ0n) is 20.6. The second-order valence-electron chi connectivity index (χ2n) is 8.95. The number of benzene rings is 1. The molecule has 2 amide bonds. The fraction of sp³-hybridized carbons (Fsp3) is 0.542. The molecule has 1 aromatic heterocycles. The molecule has 8 nitrogen and oxygen atoms in total. The zero-order valence-corrected chi connectivity index (χ0v) is 21.3. The van der Waals surface area contributed by atoms with Crippen LogP contribution in [0.1, 0.15) is 31.5 Å². The van der Waals surface area contributed by atoms with Gasteiger partial charge < -0.3 is 14.5 Å². The van der Waals surface area contributed by atoms with Crippen molar-refractivity contribution in [2.45, 2.75) is 45.6 Å². The molecule has 36 heavy (non-hydrogen) atoms. The lowest BCUT2D eigenvalue weighted by Gasteiger charge is -2.30. The molecule has 2 aromatic rings. The van der Waals surface area contributed by atoms with Crippen LogP contribution in [-0.4, -0.2) is 77.3 Å². The van der Waals surface area contributed by atoms with Crippen LogP contribution in [0.4, 0.5) is 18.9 Å². The number of carbonyl (C=O) groups excluding carboxylic acids is 2. The highest BCUT2D eigenvalue weighted by Crippen LogP contribution is 2.29. The van der Waals surface area contributed by atoms with Crippen LogP contribution in [0.25, 0.3) is 0 Å². The Kier molecular flexibility index (Phi) is 9.37. The third-order valence-electron chi connectivity index (χ3n) is 6.06. The van der Waals surface area contributed by atoms with Gasteiger partial charge in [0.25, 0.3) is 5.91 Å². The molecular weight excluding hydrogens is 499 g/mol. The Labute approximate surface area is 213 Å². The minimum atomic E-state index is -4.59. The van der Waals surface area contributed by atoms with Crippen molar-refractivity contribution in [3.63, 3.8) is 0 Å². The van der Waals surface area contributed by atoms with E-state index in [-0.39, 0.29) is 37.6 Å². The molecule has 0 saturated carbocycles. The maximum absolute atomic E-state index is 13.3. The number of hydrogen-bond acceptors (Lipinski definition) is 5. The molecule has 0 aliphatic carbocycles. The topological polar surface area (TPSA) is 70.9 Å². The Morgan fingerprint density at radius 3 is 2.50 bits per heavy atom. The second kappa shape index (κ2) is 12.1. The molecule has 1 aliphatic heterocycles. The monoisotopic (exact) mass is 529 g/mol. The third-order valence-corrected chi connectivity index (χ3v) is 6.30. The summed E-state index contributed by atoms with van der Waals surface area (Å²) in [6.45, 7) is 5.88. The van der Waals surface area contributed by atoms with Crippen LogP contribution in [0.5, 0.6) is 0 Å². The summed E-state index contributed by atoms with van der Waals surface area (Å²) in [7, 11) is 1.45. The van der Waals surface area contributed by atoms with Gasteiger partial charge in [-0.3, -0.25) is 19.2 Å². The number of nitrogens with zero attached hydrogens (tertiary/aromatic N) is 5. The summed E-state index contributed by atoms with van der Waals surface area (Å²) >= 11 is 6.27. The lowest BCUT2D eigenvalue weighted by atomic mass is 10.1. The number of rotatable bonds is 5. The number of methoxy groups -OCH3 is 1. The molecule has 0 fully saturated rings. The van der Waals surface area contributed by atoms with Crippen molar-refractivity contribution in [2.75, 3.05) is 44.8 Å². The van der Waals surface area contributed by atoms with Crippen molar-refractivity contribution in [1.82, 2.24) is 19.6 Å². The van der Waals surface area contributed by atoms with Crippen LogP contribution >= 0.6 is 11.6 Å². The third kappa shape index (κ3) is 7.21. The lowest BCUT2D eigenvalue weighted by molar-refractivity contribution is -0.142. The van der Waals surface area contributed by atoms with E-state index in [2.05, 4.69) is 23.8 Å². The molecule has 1 aromatic carbocycles. The van der Waals surface area contributed by atoms with Crippen LogP contribution in [-0.2, 0) is 33.6 Å². The number of hydrogen-bond donors (Lipinski definition) is 0. The molecule has 0 saturated heterocycles. The van der Waals surface area contributed by atoms with E-state index in [9.17, 15) is 22.8 Å². The van der Waals surface area contributed by atoms with Crippen molar-refractivity contribution < 1.29 is 27.5 Å². The van der Waals surface area contributed by atoms with Crippen LogP contribution in [0.15, 0.2) is 30.5 Å². The highest BCUT2D eigenvalue weighted by atomic mass is 35.5. The van der Waals surface area contributed by atoms with Crippen molar-refractivity contribution in [3.05, 3.63) is 46.7 Å². The second-order valence-corrected chi connectivity index (χ2v) is 9.38. The number of anilines is 1. The van der Waals surface area contributed by atoms with Gasteiger partial charge in [0.2, 0.25) is 5.91 Å². The smallest absolute Gasteiger partial charge is 0.375 e. The van der Waals surface area contributed by atoms with Gasteiger partial charge in [-0.25, -0.2) is 0 Å². The first kappa shape index (κ1) is 27.9. The Bertz CT molecular complexity index is 1060. The number of carbonyl (C=O) groups is 2. The number of alkyl halides is 3. The first-order valence-electron chi connectivity index (χ1n) is 11.7. The van der Waals surface area contributed by atoms with Gasteiger partial charge >= 0.3 is 6.18 Å². The van der Waals surface area contributed by atoms with Gasteiger partial charge in [0.05, 0.1) is 5.69 Å². The Hall–Kier alpha value is -2.63. The molecule has 0 bridgehead atoms. The molecule has 0 N–H and O–H groups in total. The van der Waals surface area contributed by atoms with Crippen molar-refractivity contribution in [3.8, 4) is 0 Å². The number of fused-ring (bicyclic) bond motifs is 1. The van der Waals surface area contributed by atoms with Gasteiger partial charge in [0.15, 0.2) is 5.69 Å². The number of halogens is 4. The van der Waals surface area contributed by atoms with E-state index in [1.165, 1.54) is 7.11 Å². The summed E-state index contributed by atoms with van der Waals surface area (Å²) in [6.07, 6.45) is -2.75. The summed E-state index contributed by atoms with van der Waals surface area (Å²) in [6, 6.07) is 6.18. The Morgan fingerprint density at radius 2 is 1.86 bits per heavy atom. The standard InChI is InChI=1S/C24H31ClF3N5O3/c1-17(2)30-8-4-9-33(23(35)16-36-3)20-13-19(25)6-5-18(20)14-31(12-11-30)22(34)15-32-10-7-21(29-32)24(26,27)28/h5-7,10,13,17H,4,8-9,11-12,14-16H2,1-3H3. The zero-order chi connectivity index (χ0) is 26.5. The first-order chi connectivity index (χ1) is 17.0. The van der Waals surface area contributed by atoms with Crippen LogP contribution < -0.4 is 4.90 Å². The van der Waals surface area contributed by atoms with E-state index in [1.807, 2.05) is 0 Å². The minimum Gasteiger partial charge on any atom is -0.375 e. The average Bonchev–Trinajstić information content (AvgIpc) is 3.26. The van der Waals surface area contributed by atoms with Crippen LogP contribution in [0, 0.1) is 0 Å². The fourth-order valence-corrected chi connectivity index (χ4v) is 4.32. The Morgan fingerprint density at radius 1 is 1.11 bits per heavy atom. The summed E-state index contributed by atoms with van der Waals surface area (Å²) in [4.78, 5) is 31.6. The maximum Gasteiger partial charge on any atom is 0.435 e. The van der Waals surface area contributed by atoms with Gasteiger partial charge in [0.1, 0.15) is 13.2 Å². The van der Waals surface area contributed by atoms with Crippen molar-refractivity contribution >= 4 is 29.1 Å². The van der Waals surface area contributed by atoms with E-state index >= 15 is 0 Å². The molecule has 0 unspecified atom stereocenters. The molecular formula is C24H31ClF3N5O3. The normalized spacial score (nSPS) is 16.1. The molecule has 0 spiro atoms. The fourth-order valence-electron chi connectivity index (χ4n) is 4.15. The highest BCUT2D eigenvalue weighted by Gasteiger charge is 2.34. The molecule has 1 aliphatic rings. The highest BCUT2D eigenvalue weighted by molar-refractivity contribution is 6.31. The maximum atomic E-state index is 13.3. The molecule has 0 radical (unpaired) electrons. The van der Waals surface area contributed by atoms with Crippen LogP contribution in [0.2, 0.25) is 5.02 Å². The lowest BCUT2D eigenvalue weighted by Crippen LogP contribution is -2.42. The van der Waals surface area contributed by atoms with Crippen molar-refractivity contribution in [1.29, 1.82) is 0 Å². The number of ether oxygens (including phenoxy) is 1. The quantitative estimate of drug-likeness (QED) is 0.591. The number of amides is 2.